The van der Waals surface area contributed by atoms with E-state index >= 15 is 0 Å². The number of hydrogen-bond donors (Lipinski definition) is 0. The van der Waals surface area contributed by atoms with Crippen molar-refractivity contribution in [1.82, 2.24) is 14.2 Å². The van der Waals surface area contributed by atoms with Gasteiger partial charge in [0.05, 0.1) is 22.1 Å². The molecule has 5 rings (SSSR count). The fourth-order valence-corrected chi connectivity index (χ4v) is 7.41. The number of thiazole rings is 1. The number of carbonyl (C=O) groups excluding carboxylic acids is 1. The van der Waals surface area contributed by atoms with Gasteiger partial charge < -0.3 is 4.90 Å². The lowest BCUT2D eigenvalue weighted by Gasteiger charge is -2.39. The summed E-state index contributed by atoms with van der Waals surface area (Å²) in [6.07, 6.45) is 4.38. The van der Waals surface area contributed by atoms with E-state index in [0.29, 0.717) is 36.7 Å². The van der Waals surface area contributed by atoms with Gasteiger partial charge in [-0.05, 0) is 50.2 Å². The molecular formula is C22H27N3O3S2. The van der Waals surface area contributed by atoms with Gasteiger partial charge in [-0.2, -0.15) is 4.31 Å². The Morgan fingerprint density at radius 3 is 2.53 bits per heavy atom. The van der Waals surface area contributed by atoms with Crippen LogP contribution in [0.2, 0.25) is 0 Å². The highest BCUT2D eigenvalue weighted by atomic mass is 32.2. The summed E-state index contributed by atoms with van der Waals surface area (Å²) < 4.78 is 27.7. The van der Waals surface area contributed by atoms with Gasteiger partial charge in [-0.15, -0.1) is 11.3 Å². The number of fused-ring (bicyclic) bond motifs is 1. The molecule has 1 atom stereocenters. The van der Waals surface area contributed by atoms with Crippen LogP contribution in [0.4, 0.5) is 0 Å². The fraction of sp³-hybridized carbons (Fsp3) is 0.545. The second-order valence-electron chi connectivity index (χ2n) is 8.67. The molecule has 2 aliphatic heterocycles. The standard InChI is InChI=1S/C22H27N3O3S2/c1-15-4-2-3-5-19(15)30(27,28)24-11-8-17(9-12-24)22(26)25-13-10-18-20(23-14-29-18)21(25)16-6-7-16/h2-5,14,16-17,21H,6-13H2,1H3/t21-/m0/s1. The number of sulfonamides is 1. The quantitative estimate of drug-likeness (QED) is 0.723. The number of aryl methyl sites for hydroxylation is 1. The summed E-state index contributed by atoms with van der Waals surface area (Å²) in [5.41, 5.74) is 3.78. The van der Waals surface area contributed by atoms with E-state index in [-0.39, 0.29) is 17.9 Å². The molecule has 1 amide bonds. The van der Waals surface area contributed by atoms with Crippen LogP contribution >= 0.6 is 11.3 Å². The van der Waals surface area contributed by atoms with Gasteiger partial charge in [0.2, 0.25) is 15.9 Å². The first-order valence-electron chi connectivity index (χ1n) is 10.8. The Morgan fingerprint density at radius 1 is 1.10 bits per heavy atom. The number of rotatable bonds is 4. The maximum atomic E-state index is 13.4. The molecule has 0 radical (unpaired) electrons. The summed E-state index contributed by atoms with van der Waals surface area (Å²) in [7, 11) is -3.51. The minimum Gasteiger partial charge on any atom is -0.333 e. The lowest BCUT2D eigenvalue weighted by Crippen LogP contribution is -2.47. The van der Waals surface area contributed by atoms with Crippen molar-refractivity contribution in [3.63, 3.8) is 0 Å². The van der Waals surface area contributed by atoms with Crippen LogP contribution in [0.3, 0.4) is 0 Å². The molecule has 0 bridgehead atoms. The van der Waals surface area contributed by atoms with Crippen molar-refractivity contribution >= 4 is 27.3 Å². The van der Waals surface area contributed by atoms with E-state index in [1.54, 1.807) is 27.8 Å². The molecule has 2 aromatic rings. The van der Waals surface area contributed by atoms with Crippen molar-refractivity contribution in [3.05, 3.63) is 45.9 Å². The van der Waals surface area contributed by atoms with Crippen molar-refractivity contribution in [2.75, 3.05) is 19.6 Å². The molecule has 1 saturated heterocycles. The van der Waals surface area contributed by atoms with Gasteiger partial charge in [0.15, 0.2) is 0 Å². The molecule has 6 nitrogen and oxygen atoms in total. The Morgan fingerprint density at radius 2 is 1.83 bits per heavy atom. The number of carbonyl (C=O) groups is 1. The van der Waals surface area contributed by atoms with E-state index in [4.69, 9.17) is 0 Å². The monoisotopic (exact) mass is 445 g/mol. The zero-order valence-electron chi connectivity index (χ0n) is 17.2. The van der Waals surface area contributed by atoms with Crippen molar-refractivity contribution in [3.8, 4) is 0 Å². The number of benzene rings is 1. The Balaban J connectivity index is 1.29. The summed E-state index contributed by atoms with van der Waals surface area (Å²) in [4.78, 5) is 21.8. The number of aromatic nitrogens is 1. The van der Waals surface area contributed by atoms with Crippen LogP contribution in [0.1, 0.15) is 47.9 Å². The van der Waals surface area contributed by atoms with Crippen LogP contribution < -0.4 is 0 Å². The molecule has 0 unspecified atom stereocenters. The lowest BCUT2D eigenvalue weighted by atomic mass is 9.92. The highest BCUT2D eigenvalue weighted by Gasteiger charge is 2.45. The largest absolute Gasteiger partial charge is 0.333 e. The molecule has 3 heterocycles. The first kappa shape index (κ1) is 20.2. The average molecular weight is 446 g/mol. The van der Waals surface area contributed by atoms with Gasteiger partial charge in [0.1, 0.15) is 0 Å². The molecular weight excluding hydrogens is 418 g/mol. The van der Waals surface area contributed by atoms with E-state index in [9.17, 15) is 13.2 Å². The smallest absolute Gasteiger partial charge is 0.243 e. The van der Waals surface area contributed by atoms with E-state index in [1.165, 1.54) is 17.7 Å². The zero-order chi connectivity index (χ0) is 20.9. The van der Waals surface area contributed by atoms with Crippen molar-refractivity contribution < 1.29 is 13.2 Å². The van der Waals surface area contributed by atoms with E-state index in [0.717, 1.165) is 24.2 Å². The summed E-state index contributed by atoms with van der Waals surface area (Å²) in [5, 5.41) is 0. The Kier molecular flexibility index (Phi) is 5.19. The second-order valence-corrected chi connectivity index (χ2v) is 11.5. The zero-order valence-corrected chi connectivity index (χ0v) is 18.8. The van der Waals surface area contributed by atoms with Gasteiger partial charge in [-0.25, -0.2) is 13.4 Å². The molecule has 2 fully saturated rings. The fourth-order valence-electron chi connectivity index (χ4n) is 4.92. The Hall–Kier alpha value is -1.77. The van der Waals surface area contributed by atoms with Gasteiger partial charge in [-0.3, -0.25) is 4.79 Å². The molecule has 160 valence electrons. The van der Waals surface area contributed by atoms with Gasteiger partial charge in [0.25, 0.3) is 0 Å². The van der Waals surface area contributed by atoms with Crippen LogP contribution in [0.15, 0.2) is 34.7 Å². The predicted octanol–water partition coefficient (Wildman–Crippen LogP) is 3.39. The third-order valence-corrected chi connectivity index (χ3v) is 9.70. The van der Waals surface area contributed by atoms with Gasteiger partial charge >= 0.3 is 0 Å². The number of nitrogens with zero attached hydrogens (tertiary/aromatic N) is 3. The maximum Gasteiger partial charge on any atom is 0.243 e. The highest BCUT2D eigenvalue weighted by Crippen LogP contribution is 2.48. The molecule has 0 spiro atoms. The average Bonchev–Trinajstić information content (AvgIpc) is 3.48. The third-order valence-electron chi connectivity index (χ3n) is 6.73. The predicted molar refractivity (Wildman–Crippen MR) is 116 cm³/mol. The summed E-state index contributed by atoms with van der Waals surface area (Å²) >= 11 is 1.70. The summed E-state index contributed by atoms with van der Waals surface area (Å²) in [5.74, 6) is 0.630. The summed E-state index contributed by atoms with van der Waals surface area (Å²) in [6, 6.07) is 7.23. The molecule has 1 aliphatic carbocycles. The Labute approximate surface area is 182 Å². The van der Waals surface area contributed by atoms with Crippen LogP contribution in [-0.4, -0.2) is 48.1 Å². The van der Waals surface area contributed by atoms with E-state index < -0.39 is 10.0 Å². The number of piperidine rings is 1. The second kappa shape index (κ2) is 7.73. The maximum absolute atomic E-state index is 13.4. The molecule has 3 aliphatic rings. The van der Waals surface area contributed by atoms with E-state index in [1.807, 2.05) is 24.6 Å². The van der Waals surface area contributed by atoms with Crippen molar-refractivity contribution in [2.24, 2.45) is 11.8 Å². The number of hydrogen-bond acceptors (Lipinski definition) is 5. The van der Waals surface area contributed by atoms with Crippen molar-refractivity contribution in [1.29, 1.82) is 0 Å². The SMILES string of the molecule is Cc1ccccc1S(=O)(=O)N1CCC(C(=O)N2CCc3scnc3[C@@H]2C2CC2)CC1. The molecule has 1 aromatic carbocycles. The molecule has 1 aromatic heterocycles. The van der Waals surface area contributed by atoms with Crippen LogP contribution in [0, 0.1) is 18.8 Å². The number of amides is 1. The van der Waals surface area contributed by atoms with Crippen LogP contribution in [0.5, 0.6) is 0 Å². The molecule has 30 heavy (non-hydrogen) atoms. The van der Waals surface area contributed by atoms with Gasteiger partial charge in [-0.1, -0.05) is 18.2 Å². The summed E-state index contributed by atoms with van der Waals surface area (Å²) in [6.45, 7) is 3.38. The molecule has 0 N–H and O–H groups in total. The molecule has 8 heteroatoms. The minimum atomic E-state index is -3.51. The van der Waals surface area contributed by atoms with Crippen LogP contribution in [0.25, 0.3) is 0 Å². The van der Waals surface area contributed by atoms with E-state index in [2.05, 4.69) is 9.88 Å². The first-order chi connectivity index (χ1) is 14.5. The topological polar surface area (TPSA) is 70.6 Å². The van der Waals surface area contributed by atoms with Gasteiger partial charge in [0, 0.05) is 36.9 Å². The lowest BCUT2D eigenvalue weighted by molar-refractivity contribution is -0.140. The van der Waals surface area contributed by atoms with Crippen molar-refractivity contribution in [2.45, 2.75) is 50.0 Å². The highest BCUT2D eigenvalue weighted by molar-refractivity contribution is 7.89. The minimum absolute atomic E-state index is 0.102. The Bertz CT molecular complexity index is 1050. The molecule has 1 saturated carbocycles. The first-order valence-corrected chi connectivity index (χ1v) is 13.1. The normalized spacial score (nSPS) is 23.4. The van der Waals surface area contributed by atoms with Crippen LogP contribution in [-0.2, 0) is 21.2 Å². The third kappa shape index (κ3) is 3.48.